The number of methoxy groups -OCH3 is 1. The van der Waals surface area contributed by atoms with Crippen molar-refractivity contribution in [1.82, 2.24) is 5.48 Å². The van der Waals surface area contributed by atoms with Crippen LogP contribution in [0.2, 0.25) is 0 Å². The van der Waals surface area contributed by atoms with Gasteiger partial charge in [0.25, 0.3) is 0 Å². The van der Waals surface area contributed by atoms with Crippen LogP contribution in [0.4, 0.5) is 0 Å². The van der Waals surface area contributed by atoms with Gasteiger partial charge in [0.15, 0.2) is 0 Å². The monoisotopic (exact) mass is 223 g/mol. The number of hydrogen-bond donors (Lipinski definition) is 1. The summed E-state index contributed by atoms with van der Waals surface area (Å²) in [7, 11) is 1.67. The molecule has 90 valence electrons. The van der Waals surface area contributed by atoms with Crippen LogP contribution in [0, 0.1) is 0 Å². The van der Waals surface area contributed by atoms with Crippen LogP contribution in [0.5, 0.6) is 0 Å². The number of nitrogens with one attached hydrogen (secondary N) is 1. The molecule has 1 aromatic carbocycles. The van der Waals surface area contributed by atoms with E-state index >= 15 is 0 Å². The Morgan fingerprint density at radius 3 is 2.62 bits per heavy atom. The summed E-state index contributed by atoms with van der Waals surface area (Å²) < 4.78 is 4.86. The maximum absolute atomic E-state index is 5.15. The summed E-state index contributed by atoms with van der Waals surface area (Å²) in [6, 6.07) is 10.6. The molecule has 0 bridgehead atoms. The van der Waals surface area contributed by atoms with Crippen LogP contribution in [-0.2, 0) is 16.0 Å². The van der Waals surface area contributed by atoms with E-state index in [-0.39, 0.29) is 0 Å². The molecule has 1 rings (SSSR count). The SMILES string of the molecule is COCCONCCCCc1ccccc1. The summed E-state index contributed by atoms with van der Waals surface area (Å²) >= 11 is 0. The van der Waals surface area contributed by atoms with E-state index in [1.165, 1.54) is 12.0 Å². The summed E-state index contributed by atoms with van der Waals surface area (Å²) in [5, 5.41) is 0. The lowest BCUT2D eigenvalue weighted by molar-refractivity contribution is 0.00651. The van der Waals surface area contributed by atoms with Crippen molar-refractivity contribution < 1.29 is 9.57 Å². The molecule has 0 saturated carbocycles. The molecule has 3 nitrogen and oxygen atoms in total. The summed E-state index contributed by atoms with van der Waals surface area (Å²) in [6.07, 6.45) is 3.45. The van der Waals surface area contributed by atoms with Gasteiger partial charge in [-0.2, -0.15) is 0 Å². The predicted molar refractivity (Wildman–Crippen MR) is 65.2 cm³/mol. The Labute approximate surface area is 97.7 Å². The van der Waals surface area contributed by atoms with Gasteiger partial charge in [0.2, 0.25) is 0 Å². The Balaban J connectivity index is 1.89. The van der Waals surface area contributed by atoms with Crippen molar-refractivity contribution in [2.24, 2.45) is 0 Å². The summed E-state index contributed by atoms with van der Waals surface area (Å²) in [6.45, 7) is 2.14. The molecule has 0 saturated heterocycles. The molecule has 0 fully saturated rings. The number of aryl methyl sites for hydroxylation is 1. The fourth-order valence-corrected chi connectivity index (χ4v) is 1.44. The van der Waals surface area contributed by atoms with Gasteiger partial charge in [-0.3, -0.25) is 4.84 Å². The first-order valence-electron chi connectivity index (χ1n) is 5.81. The van der Waals surface area contributed by atoms with E-state index in [9.17, 15) is 0 Å². The second-order valence-corrected chi connectivity index (χ2v) is 3.68. The van der Waals surface area contributed by atoms with Crippen molar-refractivity contribution in [2.75, 3.05) is 26.9 Å². The second kappa shape index (κ2) is 9.33. The highest BCUT2D eigenvalue weighted by Gasteiger charge is 1.92. The third kappa shape index (κ3) is 6.56. The predicted octanol–water partition coefficient (Wildman–Crippen LogP) is 2.18. The van der Waals surface area contributed by atoms with Crippen molar-refractivity contribution in [3.63, 3.8) is 0 Å². The minimum Gasteiger partial charge on any atom is -0.382 e. The molecule has 0 aromatic heterocycles. The van der Waals surface area contributed by atoms with Crippen LogP contribution in [0.1, 0.15) is 18.4 Å². The maximum Gasteiger partial charge on any atom is 0.0915 e. The van der Waals surface area contributed by atoms with Crippen LogP contribution in [0.25, 0.3) is 0 Å². The number of hydroxylamine groups is 1. The smallest absolute Gasteiger partial charge is 0.0915 e. The van der Waals surface area contributed by atoms with Gasteiger partial charge in [-0.25, -0.2) is 5.48 Å². The standard InChI is InChI=1S/C13H21NO2/c1-15-11-12-16-14-10-6-5-9-13-7-3-2-4-8-13/h2-4,7-8,14H,5-6,9-12H2,1H3. The minimum atomic E-state index is 0.606. The van der Waals surface area contributed by atoms with Crippen LogP contribution in [-0.4, -0.2) is 26.9 Å². The number of hydrogen-bond acceptors (Lipinski definition) is 3. The normalized spacial score (nSPS) is 10.6. The highest BCUT2D eigenvalue weighted by atomic mass is 16.7. The molecule has 0 radical (unpaired) electrons. The summed E-state index contributed by atoms with van der Waals surface area (Å²) in [5.41, 5.74) is 4.33. The Bertz CT molecular complexity index is 251. The van der Waals surface area contributed by atoms with Crippen molar-refractivity contribution in [3.05, 3.63) is 35.9 Å². The lowest BCUT2D eigenvalue weighted by Gasteiger charge is -2.05. The van der Waals surface area contributed by atoms with E-state index in [1.807, 2.05) is 0 Å². The van der Waals surface area contributed by atoms with Gasteiger partial charge in [0, 0.05) is 13.7 Å². The third-order valence-corrected chi connectivity index (χ3v) is 2.33. The summed E-state index contributed by atoms with van der Waals surface area (Å²) in [5.74, 6) is 0. The van der Waals surface area contributed by atoms with Gasteiger partial charge in [0.1, 0.15) is 0 Å². The van der Waals surface area contributed by atoms with Gasteiger partial charge < -0.3 is 4.74 Å². The number of benzene rings is 1. The fraction of sp³-hybridized carbons (Fsp3) is 0.538. The van der Waals surface area contributed by atoms with Crippen molar-refractivity contribution >= 4 is 0 Å². The zero-order valence-electron chi connectivity index (χ0n) is 9.95. The molecule has 3 heteroatoms. The first-order valence-corrected chi connectivity index (χ1v) is 5.81. The van der Waals surface area contributed by atoms with Gasteiger partial charge in [-0.1, -0.05) is 30.3 Å². The highest BCUT2D eigenvalue weighted by Crippen LogP contribution is 2.03. The molecule has 0 aliphatic heterocycles. The number of ether oxygens (including phenoxy) is 1. The molecule has 0 unspecified atom stereocenters. The fourth-order valence-electron chi connectivity index (χ4n) is 1.44. The quantitative estimate of drug-likeness (QED) is 0.514. The average Bonchev–Trinajstić information content (AvgIpc) is 2.34. The third-order valence-electron chi connectivity index (χ3n) is 2.33. The van der Waals surface area contributed by atoms with Crippen molar-refractivity contribution in [2.45, 2.75) is 19.3 Å². The van der Waals surface area contributed by atoms with Gasteiger partial charge in [-0.05, 0) is 24.8 Å². The Hall–Kier alpha value is -0.900. The molecule has 0 aliphatic carbocycles. The van der Waals surface area contributed by atoms with Gasteiger partial charge in [0.05, 0.1) is 13.2 Å². The van der Waals surface area contributed by atoms with Crippen molar-refractivity contribution in [1.29, 1.82) is 0 Å². The molecule has 0 atom stereocenters. The highest BCUT2D eigenvalue weighted by molar-refractivity contribution is 5.14. The maximum atomic E-state index is 5.15. The Kier molecular flexibility index (Phi) is 7.68. The van der Waals surface area contributed by atoms with E-state index in [2.05, 4.69) is 35.8 Å². The lowest BCUT2D eigenvalue weighted by atomic mass is 10.1. The molecular weight excluding hydrogens is 202 g/mol. The van der Waals surface area contributed by atoms with E-state index in [1.54, 1.807) is 7.11 Å². The van der Waals surface area contributed by atoms with Gasteiger partial charge >= 0.3 is 0 Å². The average molecular weight is 223 g/mol. The molecule has 0 heterocycles. The molecule has 1 aromatic rings. The zero-order chi connectivity index (χ0) is 11.5. The van der Waals surface area contributed by atoms with Crippen LogP contribution in [0.15, 0.2) is 30.3 Å². The summed E-state index contributed by atoms with van der Waals surface area (Å²) in [4.78, 5) is 5.15. The molecular formula is C13H21NO2. The van der Waals surface area contributed by atoms with Crippen LogP contribution >= 0.6 is 0 Å². The van der Waals surface area contributed by atoms with E-state index < -0.39 is 0 Å². The lowest BCUT2D eigenvalue weighted by Crippen LogP contribution is -2.18. The second-order valence-electron chi connectivity index (χ2n) is 3.68. The van der Waals surface area contributed by atoms with Gasteiger partial charge in [-0.15, -0.1) is 0 Å². The first kappa shape index (κ1) is 13.2. The minimum absolute atomic E-state index is 0.606. The van der Waals surface area contributed by atoms with E-state index in [0.717, 1.165) is 19.4 Å². The van der Waals surface area contributed by atoms with E-state index in [4.69, 9.17) is 9.57 Å². The zero-order valence-corrected chi connectivity index (χ0v) is 9.95. The van der Waals surface area contributed by atoms with E-state index in [0.29, 0.717) is 13.2 Å². The van der Waals surface area contributed by atoms with Crippen LogP contribution in [0.3, 0.4) is 0 Å². The topological polar surface area (TPSA) is 30.5 Å². The molecule has 0 amide bonds. The molecule has 1 N–H and O–H groups in total. The molecule has 0 aliphatic rings. The molecule has 16 heavy (non-hydrogen) atoms. The Morgan fingerprint density at radius 1 is 1.06 bits per heavy atom. The largest absolute Gasteiger partial charge is 0.382 e. The first-order chi connectivity index (χ1) is 7.93. The van der Waals surface area contributed by atoms with Crippen molar-refractivity contribution in [3.8, 4) is 0 Å². The Morgan fingerprint density at radius 2 is 1.88 bits per heavy atom. The number of rotatable bonds is 9. The number of unbranched alkanes of at least 4 members (excludes halogenated alkanes) is 1. The van der Waals surface area contributed by atoms with Crippen LogP contribution < -0.4 is 5.48 Å². The molecule has 0 spiro atoms.